The Kier molecular flexibility index (Phi) is 7.94. The molecule has 0 atom stereocenters. The molecule has 0 N–H and O–H groups in total. The summed E-state index contributed by atoms with van der Waals surface area (Å²) in [6.45, 7) is 0. The number of hydrogen-bond donors (Lipinski definition) is 0. The molecule has 0 fully saturated rings. The molecule has 126 valence electrons. The molecule has 0 heterocycles. The van der Waals surface area contributed by atoms with Crippen LogP contribution in [0.1, 0.15) is 20.7 Å². The van der Waals surface area contributed by atoms with Gasteiger partial charge >= 0.3 is 63.3 Å². The van der Waals surface area contributed by atoms with Gasteiger partial charge in [-0.3, -0.25) is 0 Å². The van der Waals surface area contributed by atoms with Crippen molar-refractivity contribution in [2.45, 2.75) is 4.90 Å². The van der Waals surface area contributed by atoms with E-state index in [-0.39, 0.29) is 68.1 Å². The Hall–Kier alpha value is -1.07. The van der Waals surface area contributed by atoms with E-state index < -0.39 is 27.0 Å². The van der Waals surface area contributed by atoms with Gasteiger partial charge in [-0.05, 0) is 35.4 Å². The van der Waals surface area contributed by atoms with Gasteiger partial charge in [-0.25, -0.2) is 18.0 Å². The SMILES string of the molecule is COC(=O)c1ccc(-c2ccc(C(=O)OC)cc2S(=O)(=O)[O-])cc1.[K+]. The molecule has 0 spiro atoms. The van der Waals surface area contributed by atoms with Crippen molar-refractivity contribution >= 4 is 22.1 Å². The second-order valence-corrected chi connectivity index (χ2v) is 6.07. The zero-order valence-corrected chi connectivity index (χ0v) is 17.7. The number of hydrogen-bond acceptors (Lipinski definition) is 7. The second-order valence-electron chi connectivity index (χ2n) is 4.73. The maximum absolute atomic E-state index is 11.5. The molecule has 25 heavy (non-hydrogen) atoms. The Morgan fingerprint density at radius 1 is 0.880 bits per heavy atom. The largest absolute Gasteiger partial charge is 1.00 e. The Labute approximate surface area is 187 Å². The van der Waals surface area contributed by atoms with Gasteiger partial charge < -0.3 is 14.0 Å². The van der Waals surface area contributed by atoms with Crippen LogP contribution in [0.3, 0.4) is 0 Å². The second kappa shape index (κ2) is 9.04. The Morgan fingerprint density at radius 2 is 1.36 bits per heavy atom. The van der Waals surface area contributed by atoms with Crippen LogP contribution >= 0.6 is 0 Å². The van der Waals surface area contributed by atoms with Gasteiger partial charge in [0.2, 0.25) is 0 Å². The van der Waals surface area contributed by atoms with Crippen LogP contribution in [0.4, 0.5) is 0 Å². The fraction of sp³-hybridized carbons (Fsp3) is 0.125. The van der Waals surface area contributed by atoms with Crippen molar-refractivity contribution in [3.8, 4) is 11.1 Å². The Morgan fingerprint density at radius 3 is 1.84 bits per heavy atom. The zero-order valence-electron chi connectivity index (χ0n) is 13.8. The van der Waals surface area contributed by atoms with Gasteiger partial charge in [0.15, 0.2) is 0 Å². The fourth-order valence-corrected chi connectivity index (χ4v) is 2.84. The summed E-state index contributed by atoms with van der Waals surface area (Å²) in [5.41, 5.74) is 0.739. The number of carbonyl (C=O) groups is 2. The smallest absolute Gasteiger partial charge is 0.744 e. The summed E-state index contributed by atoms with van der Waals surface area (Å²) in [4.78, 5) is 22.4. The van der Waals surface area contributed by atoms with Crippen molar-refractivity contribution in [3.05, 3.63) is 53.6 Å². The molecule has 0 aromatic heterocycles. The van der Waals surface area contributed by atoms with Gasteiger partial charge in [-0.1, -0.05) is 18.2 Å². The van der Waals surface area contributed by atoms with Crippen LogP contribution in [-0.2, 0) is 19.6 Å². The Bertz CT molecular complexity index is 889. The first-order valence-corrected chi connectivity index (χ1v) is 8.05. The minimum atomic E-state index is -4.83. The number of ether oxygens (including phenoxy) is 2. The van der Waals surface area contributed by atoms with Gasteiger partial charge in [0.05, 0.1) is 30.2 Å². The van der Waals surface area contributed by atoms with E-state index in [1.807, 2.05) is 0 Å². The van der Waals surface area contributed by atoms with Crippen LogP contribution in [-0.4, -0.2) is 39.1 Å². The molecule has 0 saturated carbocycles. The summed E-state index contributed by atoms with van der Waals surface area (Å²) >= 11 is 0. The molecule has 0 amide bonds. The topological polar surface area (TPSA) is 110 Å². The van der Waals surface area contributed by atoms with Gasteiger partial charge in [-0.2, -0.15) is 0 Å². The van der Waals surface area contributed by atoms with Gasteiger partial charge in [0.1, 0.15) is 10.1 Å². The summed E-state index contributed by atoms with van der Waals surface area (Å²) in [6, 6.07) is 9.50. The first kappa shape index (κ1) is 22.0. The number of esters is 2. The molecular formula is C16H13KO7S. The van der Waals surface area contributed by atoms with Crippen LogP contribution in [0.2, 0.25) is 0 Å². The number of methoxy groups -OCH3 is 2. The van der Waals surface area contributed by atoms with Crippen LogP contribution in [0.5, 0.6) is 0 Å². The predicted octanol–water partition coefficient (Wildman–Crippen LogP) is -1.17. The molecule has 0 aliphatic rings. The van der Waals surface area contributed by atoms with E-state index in [9.17, 15) is 22.6 Å². The van der Waals surface area contributed by atoms with E-state index in [0.717, 1.165) is 13.2 Å². The molecule has 0 radical (unpaired) electrons. The molecule has 0 bridgehead atoms. The van der Waals surface area contributed by atoms with Crippen molar-refractivity contribution in [2.75, 3.05) is 14.2 Å². The molecule has 0 aliphatic carbocycles. The summed E-state index contributed by atoms with van der Waals surface area (Å²) < 4.78 is 43.7. The first-order chi connectivity index (χ1) is 11.3. The summed E-state index contributed by atoms with van der Waals surface area (Å²) in [6.07, 6.45) is 0. The fourth-order valence-electron chi connectivity index (χ4n) is 2.12. The molecule has 2 aromatic rings. The minimum absolute atomic E-state index is 0. The predicted molar refractivity (Wildman–Crippen MR) is 82.5 cm³/mol. The molecular weight excluding hydrogens is 375 g/mol. The van der Waals surface area contributed by atoms with Crippen LogP contribution in [0.25, 0.3) is 11.1 Å². The van der Waals surface area contributed by atoms with E-state index in [1.165, 1.54) is 43.5 Å². The molecule has 0 aliphatic heterocycles. The van der Waals surface area contributed by atoms with Crippen molar-refractivity contribution in [1.82, 2.24) is 0 Å². The van der Waals surface area contributed by atoms with Gasteiger partial charge in [0.25, 0.3) is 0 Å². The average Bonchev–Trinajstić information content (AvgIpc) is 2.59. The number of benzene rings is 2. The van der Waals surface area contributed by atoms with Crippen LogP contribution < -0.4 is 51.4 Å². The summed E-state index contributed by atoms with van der Waals surface area (Å²) in [5.74, 6) is -1.30. The van der Waals surface area contributed by atoms with Crippen molar-refractivity contribution in [1.29, 1.82) is 0 Å². The van der Waals surface area contributed by atoms with E-state index in [4.69, 9.17) is 0 Å². The number of rotatable bonds is 4. The maximum Gasteiger partial charge on any atom is 1.00 e. The maximum atomic E-state index is 11.5. The average molecular weight is 388 g/mol. The van der Waals surface area contributed by atoms with E-state index in [2.05, 4.69) is 9.47 Å². The third kappa shape index (κ3) is 5.20. The quantitative estimate of drug-likeness (QED) is 0.369. The molecule has 9 heteroatoms. The Balaban J connectivity index is 0.00000312. The standard InChI is InChI=1S/C16H14O7S.K/c1-22-15(17)11-5-3-10(4-6-11)13-8-7-12(16(18)23-2)9-14(13)24(19,20)21;/h3-9H,1-2H3,(H,19,20,21);/q;+1/p-1. The monoisotopic (exact) mass is 388 g/mol. The van der Waals surface area contributed by atoms with Crippen molar-refractivity contribution < 1.29 is 83.4 Å². The van der Waals surface area contributed by atoms with E-state index in [0.29, 0.717) is 5.56 Å². The third-order valence-corrected chi connectivity index (χ3v) is 4.17. The minimum Gasteiger partial charge on any atom is -0.744 e. The third-order valence-electron chi connectivity index (χ3n) is 3.29. The van der Waals surface area contributed by atoms with Crippen molar-refractivity contribution in [3.63, 3.8) is 0 Å². The van der Waals surface area contributed by atoms with Gasteiger partial charge in [0, 0.05) is 0 Å². The molecule has 7 nitrogen and oxygen atoms in total. The molecule has 0 unspecified atom stereocenters. The van der Waals surface area contributed by atoms with Crippen molar-refractivity contribution in [2.24, 2.45) is 0 Å². The molecule has 0 saturated heterocycles. The first-order valence-electron chi connectivity index (χ1n) is 6.65. The van der Waals surface area contributed by atoms with Crippen LogP contribution in [0, 0.1) is 0 Å². The normalized spacial score (nSPS) is 10.5. The van der Waals surface area contributed by atoms with Crippen LogP contribution in [0.15, 0.2) is 47.4 Å². The zero-order chi connectivity index (χ0) is 17.9. The summed E-state index contributed by atoms with van der Waals surface area (Å²) in [5, 5.41) is 0. The molecule has 2 aromatic carbocycles. The molecule has 2 rings (SSSR count). The van der Waals surface area contributed by atoms with E-state index >= 15 is 0 Å². The van der Waals surface area contributed by atoms with Gasteiger partial charge in [-0.15, -0.1) is 0 Å². The van der Waals surface area contributed by atoms with E-state index in [1.54, 1.807) is 0 Å². The summed E-state index contributed by atoms with van der Waals surface area (Å²) in [7, 11) is -2.44. The number of carbonyl (C=O) groups excluding carboxylic acids is 2.